The normalized spacial score (nSPS) is 9.94. The number of nitriles is 1. The van der Waals surface area contributed by atoms with Gasteiger partial charge in [-0.05, 0) is 12.1 Å². The third kappa shape index (κ3) is 1.94. The van der Waals surface area contributed by atoms with Gasteiger partial charge < -0.3 is 21.7 Å². The molecule has 1 aromatic heterocycles. The largest absolute Gasteiger partial charge is 0.508 e. The lowest BCUT2D eigenvalue weighted by molar-refractivity contribution is 0.451. The summed E-state index contributed by atoms with van der Waals surface area (Å²) in [4.78, 5) is 7.57. The summed E-state index contributed by atoms with van der Waals surface area (Å²) < 4.78 is 0. The van der Waals surface area contributed by atoms with Crippen molar-refractivity contribution < 1.29 is 10.2 Å². The smallest absolute Gasteiger partial charge is 0.222 e. The van der Waals surface area contributed by atoms with Crippen LogP contribution in [0.4, 0.5) is 11.8 Å². The van der Waals surface area contributed by atoms with Crippen molar-refractivity contribution in [3.63, 3.8) is 0 Å². The van der Waals surface area contributed by atoms with Crippen LogP contribution in [0.5, 0.6) is 11.5 Å². The Morgan fingerprint density at radius 3 is 2.22 bits per heavy atom. The second-order valence-corrected chi connectivity index (χ2v) is 3.54. The Hall–Kier alpha value is -3.01. The van der Waals surface area contributed by atoms with E-state index < -0.39 is 0 Å². The highest BCUT2D eigenvalue weighted by Crippen LogP contribution is 2.31. The SMILES string of the molecule is N#Cc1c(N)nc(N)nc1-c1cc(O)cc(O)c1. The van der Waals surface area contributed by atoms with Crippen molar-refractivity contribution in [2.45, 2.75) is 0 Å². The standard InChI is InChI=1S/C11H9N5O2/c12-4-8-9(15-11(14)16-10(8)13)5-1-6(17)3-7(18)2-5/h1-3,17-18H,(H4,13,14,15,16). The molecule has 0 aliphatic rings. The minimum absolute atomic E-state index is 0.0363. The number of nitrogens with zero attached hydrogens (tertiary/aromatic N) is 3. The first-order chi connectivity index (χ1) is 8.51. The van der Waals surface area contributed by atoms with Crippen molar-refractivity contribution in [1.29, 1.82) is 5.26 Å². The summed E-state index contributed by atoms with van der Waals surface area (Å²) in [6.45, 7) is 0. The highest BCUT2D eigenvalue weighted by atomic mass is 16.3. The van der Waals surface area contributed by atoms with Gasteiger partial charge in [0.1, 0.15) is 28.9 Å². The molecule has 7 heteroatoms. The molecule has 6 N–H and O–H groups in total. The van der Waals surface area contributed by atoms with Gasteiger partial charge in [0.25, 0.3) is 0 Å². The van der Waals surface area contributed by atoms with E-state index in [1.54, 1.807) is 0 Å². The first-order valence-electron chi connectivity index (χ1n) is 4.87. The third-order valence-corrected chi connectivity index (χ3v) is 2.24. The molecule has 2 aromatic rings. The quantitative estimate of drug-likeness (QED) is 0.574. The predicted molar refractivity (Wildman–Crippen MR) is 64.3 cm³/mol. The van der Waals surface area contributed by atoms with Crippen molar-refractivity contribution in [2.75, 3.05) is 11.5 Å². The number of nitrogen functional groups attached to an aromatic ring is 2. The number of phenolic OH excluding ortho intramolecular Hbond substituents is 2. The number of anilines is 2. The molecule has 7 nitrogen and oxygen atoms in total. The van der Waals surface area contributed by atoms with Crippen molar-refractivity contribution in [2.24, 2.45) is 0 Å². The highest BCUT2D eigenvalue weighted by molar-refractivity contribution is 5.74. The molecule has 0 atom stereocenters. The lowest BCUT2D eigenvalue weighted by Crippen LogP contribution is -2.04. The lowest BCUT2D eigenvalue weighted by Gasteiger charge is -2.07. The molecule has 0 aliphatic heterocycles. The predicted octanol–water partition coefficient (Wildman–Crippen LogP) is 0.591. The maximum absolute atomic E-state index is 9.41. The van der Waals surface area contributed by atoms with Gasteiger partial charge in [-0.2, -0.15) is 10.2 Å². The molecule has 0 fully saturated rings. The minimum Gasteiger partial charge on any atom is -0.508 e. The van der Waals surface area contributed by atoms with Crippen molar-refractivity contribution >= 4 is 11.8 Å². The van der Waals surface area contributed by atoms with E-state index in [1.807, 2.05) is 6.07 Å². The molecule has 2 rings (SSSR count). The molecule has 0 spiro atoms. The van der Waals surface area contributed by atoms with Crippen LogP contribution in [0.25, 0.3) is 11.3 Å². The Balaban J connectivity index is 2.74. The Labute approximate surface area is 102 Å². The van der Waals surface area contributed by atoms with E-state index in [1.165, 1.54) is 12.1 Å². The summed E-state index contributed by atoms with van der Waals surface area (Å²) in [7, 11) is 0. The first-order valence-corrected chi connectivity index (χ1v) is 4.87. The average Bonchev–Trinajstić information content (AvgIpc) is 2.26. The number of benzene rings is 1. The number of nitrogens with two attached hydrogens (primary N) is 2. The van der Waals surface area contributed by atoms with Crippen LogP contribution in [-0.2, 0) is 0 Å². The summed E-state index contributed by atoms with van der Waals surface area (Å²) in [5, 5.41) is 27.8. The molecular formula is C11H9N5O2. The van der Waals surface area contributed by atoms with Gasteiger partial charge in [0.2, 0.25) is 5.95 Å². The lowest BCUT2D eigenvalue weighted by atomic mass is 10.1. The van der Waals surface area contributed by atoms with Gasteiger partial charge in [0, 0.05) is 11.6 Å². The van der Waals surface area contributed by atoms with E-state index in [2.05, 4.69) is 9.97 Å². The highest BCUT2D eigenvalue weighted by Gasteiger charge is 2.14. The number of hydrogen-bond acceptors (Lipinski definition) is 7. The van der Waals surface area contributed by atoms with E-state index in [-0.39, 0.29) is 34.5 Å². The fourth-order valence-corrected chi connectivity index (χ4v) is 1.55. The molecule has 0 radical (unpaired) electrons. The molecule has 18 heavy (non-hydrogen) atoms. The van der Waals surface area contributed by atoms with E-state index >= 15 is 0 Å². The van der Waals surface area contributed by atoms with Crippen LogP contribution >= 0.6 is 0 Å². The molecule has 1 aromatic carbocycles. The van der Waals surface area contributed by atoms with E-state index in [9.17, 15) is 10.2 Å². The average molecular weight is 243 g/mol. The Morgan fingerprint density at radius 2 is 1.67 bits per heavy atom. The summed E-state index contributed by atoms with van der Waals surface area (Å²) >= 11 is 0. The maximum Gasteiger partial charge on any atom is 0.222 e. The third-order valence-electron chi connectivity index (χ3n) is 2.24. The monoisotopic (exact) mass is 243 g/mol. The molecule has 0 amide bonds. The number of hydrogen-bond donors (Lipinski definition) is 4. The molecule has 90 valence electrons. The molecule has 0 unspecified atom stereocenters. The fourth-order valence-electron chi connectivity index (χ4n) is 1.55. The van der Waals surface area contributed by atoms with Crippen LogP contribution < -0.4 is 11.5 Å². The van der Waals surface area contributed by atoms with Gasteiger partial charge in [-0.15, -0.1) is 0 Å². The molecule has 0 saturated carbocycles. The first kappa shape index (κ1) is 11.5. The Bertz CT molecular complexity index is 643. The second-order valence-electron chi connectivity index (χ2n) is 3.54. The topological polar surface area (TPSA) is 142 Å². The molecular weight excluding hydrogens is 234 g/mol. The second kappa shape index (κ2) is 4.10. The van der Waals surface area contributed by atoms with Gasteiger partial charge >= 0.3 is 0 Å². The van der Waals surface area contributed by atoms with Crippen molar-refractivity contribution in [1.82, 2.24) is 9.97 Å². The zero-order chi connectivity index (χ0) is 13.3. The Morgan fingerprint density at radius 1 is 1.06 bits per heavy atom. The van der Waals surface area contributed by atoms with Gasteiger partial charge in [-0.3, -0.25) is 0 Å². The van der Waals surface area contributed by atoms with E-state index in [4.69, 9.17) is 16.7 Å². The maximum atomic E-state index is 9.41. The summed E-state index contributed by atoms with van der Waals surface area (Å²) in [6, 6.07) is 5.69. The van der Waals surface area contributed by atoms with E-state index in [0.717, 1.165) is 6.07 Å². The molecule has 0 saturated heterocycles. The number of aromatic nitrogens is 2. The number of aromatic hydroxyl groups is 2. The van der Waals surface area contributed by atoms with Crippen LogP contribution in [0.3, 0.4) is 0 Å². The molecule has 0 aliphatic carbocycles. The summed E-state index contributed by atoms with van der Waals surface area (Å²) in [6.07, 6.45) is 0. The van der Waals surface area contributed by atoms with Crippen molar-refractivity contribution in [3.8, 4) is 28.8 Å². The van der Waals surface area contributed by atoms with E-state index in [0.29, 0.717) is 5.56 Å². The van der Waals surface area contributed by atoms with Crippen LogP contribution in [0.1, 0.15) is 5.56 Å². The van der Waals surface area contributed by atoms with Gasteiger partial charge in [0.05, 0.1) is 5.69 Å². The summed E-state index contributed by atoms with van der Waals surface area (Å²) in [5.74, 6) is -0.471. The van der Waals surface area contributed by atoms with Gasteiger partial charge in [-0.25, -0.2) is 4.98 Å². The van der Waals surface area contributed by atoms with Crippen molar-refractivity contribution in [3.05, 3.63) is 23.8 Å². The van der Waals surface area contributed by atoms with Crippen LogP contribution in [-0.4, -0.2) is 20.2 Å². The number of rotatable bonds is 1. The zero-order valence-corrected chi connectivity index (χ0v) is 9.12. The van der Waals surface area contributed by atoms with Crippen LogP contribution in [0.15, 0.2) is 18.2 Å². The van der Waals surface area contributed by atoms with Crippen LogP contribution in [0, 0.1) is 11.3 Å². The van der Waals surface area contributed by atoms with Gasteiger partial charge in [0.15, 0.2) is 0 Å². The molecule has 0 bridgehead atoms. The summed E-state index contributed by atoms with van der Waals surface area (Å²) in [5.41, 5.74) is 11.5. The Kier molecular flexibility index (Phi) is 2.61. The van der Waals surface area contributed by atoms with Gasteiger partial charge in [-0.1, -0.05) is 0 Å². The fraction of sp³-hybridized carbons (Fsp3) is 0. The zero-order valence-electron chi connectivity index (χ0n) is 9.12. The number of phenols is 2. The minimum atomic E-state index is -0.162. The molecule has 1 heterocycles. The van der Waals surface area contributed by atoms with Crippen LogP contribution in [0.2, 0.25) is 0 Å².